The lowest BCUT2D eigenvalue weighted by Crippen LogP contribution is -2.30. The number of hydrogen-bond acceptors (Lipinski definition) is 4. The molecule has 2 N–H and O–H groups in total. The summed E-state index contributed by atoms with van der Waals surface area (Å²) in [7, 11) is 0. The van der Waals surface area contributed by atoms with Gasteiger partial charge in [0.25, 0.3) is 5.91 Å². The molecule has 1 aromatic heterocycles. The summed E-state index contributed by atoms with van der Waals surface area (Å²) in [5.41, 5.74) is 1.36. The van der Waals surface area contributed by atoms with Crippen molar-refractivity contribution in [2.24, 2.45) is 0 Å². The molecule has 150 valence electrons. The normalized spacial score (nSPS) is 15.0. The molecule has 9 heteroatoms. The number of carboxylic acids is 1. The van der Waals surface area contributed by atoms with E-state index in [1.54, 1.807) is 42.5 Å². The van der Waals surface area contributed by atoms with E-state index >= 15 is 0 Å². The Labute approximate surface area is 186 Å². The zero-order chi connectivity index (χ0) is 21.4. The second-order valence-electron chi connectivity index (χ2n) is 6.31. The first-order chi connectivity index (χ1) is 14.3. The van der Waals surface area contributed by atoms with Crippen molar-refractivity contribution in [2.45, 2.75) is 0 Å². The van der Waals surface area contributed by atoms with Gasteiger partial charge in [-0.1, -0.05) is 23.2 Å². The van der Waals surface area contributed by atoms with Gasteiger partial charge in [0.15, 0.2) is 5.11 Å². The van der Waals surface area contributed by atoms with Gasteiger partial charge in [-0.15, -0.1) is 0 Å². The fourth-order valence-corrected chi connectivity index (χ4v) is 3.55. The number of carboxylic acid groups (broad SMARTS) is 1. The first kappa shape index (κ1) is 20.2. The number of amides is 1. The van der Waals surface area contributed by atoms with Gasteiger partial charge in [-0.2, -0.15) is 0 Å². The van der Waals surface area contributed by atoms with E-state index < -0.39 is 5.97 Å². The van der Waals surface area contributed by atoms with E-state index in [0.29, 0.717) is 27.8 Å². The van der Waals surface area contributed by atoms with Gasteiger partial charge in [-0.25, -0.2) is 4.79 Å². The second-order valence-corrected chi connectivity index (χ2v) is 7.54. The molecule has 4 rings (SSSR count). The third-order valence-corrected chi connectivity index (χ3v) is 5.22. The number of halogens is 2. The van der Waals surface area contributed by atoms with E-state index in [4.69, 9.17) is 39.8 Å². The Balaban J connectivity index is 1.61. The molecule has 0 aliphatic carbocycles. The van der Waals surface area contributed by atoms with E-state index in [2.05, 4.69) is 5.32 Å². The first-order valence-electron chi connectivity index (χ1n) is 8.59. The van der Waals surface area contributed by atoms with Crippen LogP contribution >= 0.6 is 35.4 Å². The Bertz CT molecular complexity index is 1220. The minimum absolute atomic E-state index is 0.0259. The Hall–Kier alpha value is -3.13. The molecule has 0 unspecified atom stereocenters. The number of carbonyl (C=O) groups excluding carboxylic acids is 1. The molecule has 0 radical (unpaired) electrons. The van der Waals surface area contributed by atoms with Crippen molar-refractivity contribution < 1.29 is 19.1 Å². The number of aromatic carboxylic acids is 1. The lowest BCUT2D eigenvalue weighted by molar-refractivity contribution is -0.113. The Kier molecular flexibility index (Phi) is 5.34. The van der Waals surface area contributed by atoms with E-state index in [9.17, 15) is 14.7 Å². The highest BCUT2D eigenvalue weighted by Crippen LogP contribution is 2.29. The van der Waals surface area contributed by atoms with Crippen molar-refractivity contribution in [1.29, 1.82) is 0 Å². The van der Waals surface area contributed by atoms with Gasteiger partial charge in [0.2, 0.25) is 0 Å². The molecule has 2 heterocycles. The summed E-state index contributed by atoms with van der Waals surface area (Å²) in [5.74, 6) is -0.635. The Morgan fingerprint density at radius 2 is 1.83 bits per heavy atom. The van der Waals surface area contributed by atoms with Gasteiger partial charge in [-0.3, -0.25) is 9.69 Å². The van der Waals surface area contributed by atoms with Crippen LogP contribution in [0.2, 0.25) is 10.0 Å². The lowest BCUT2D eigenvalue weighted by Gasteiger charge is -2.13. The van der Waals surface area contributed by atoms with Crippen molar-refractivity contribution in [3.63, 3.8) is 0 Å². The number of anilines is 1. The molecule has 1 aliphatic rings. The molecule has 1 fully saturated rings. The number of carbonyl (C=O) groups is 2. The van der Waals surface area contributed by atoms with Crippen LogP contribution < -0.4 is 10.2 Å². The van der Waals surface area contributed by atoms with Crippen molar-refractivity contribution in [1.82, 2.24) is 5.32 Å². The molecular weight excluding hydrogens is 447 g/mol. The average Bonchev–Trinajstić information content (AvgIpc) is 3.28. The summed E-state index contributed by atoms with van der Waals surface area (Å²) < 4.78 is 5.76. The number of nitrogens with one attached hydrogen (secondary N) is 1. The van der Waals surface area contributed by atoms with Gasteiger partial charge < -0.3 is 14.8 Å². The summed E-state index contributed by atoms with van der Waals surface area (Å²) in [5, 5.41) is 13.0. The molecule has 30 heavy (non-hydrogen) atoms. The number of benzene rings is 2. The Morgan fingerprint density at radius 1 is 1.10 bits per heavy atom. The van der Waals surface area contributed by atoms with Crippen LogP contribution in [0.4, 0.5) is 5.69 Å². The summed E-state index contributed by atoms with van der Waals surface area (Å²) >= 11 is 17.1. The van der Waals surface area contributed by atoms with Crippen LogP contribution in [-0.2, 0) is 4.79 Å². The van der Waals surface area contributed by atoms with Crippen LogP contribution in [0.1, 0.15) is 16.1 Å². The zero-order valence-corrected chi connectivity index (χ0v) is 17.4. The molecule has 1 amide bonds. The highest BCUT2D eigenvalue weighted by Gasteiger charge is 2.32. The summed E-state index contributed by atoms with van der Waals surface area (Å²) in [4.78, 5) is 25.4. The largest absolute Gasteiger partial charge is 0.478 e. The zero-order valence-electron chi connectivity index (χ0n) is 15.1. The van der Waals surface area contributed by atoms with Crippen LogP contribution in [0.5, 0.6) is 0 Å². The van der Waals surface area contributed by atoms with Crippen LogP contribution in [0.15, 0.2) is 64.7 Å². The van der Waals surface area contributed by atoms with Crippen LogP contribution in [0.25, 0.3) is 17.4 Å². The first-order valence-corrected chi connectivity index (χ1v) is 9.75. The third-order valence-electron chi connectivity index (χ3n) is 4.36. The quantitative estimate of drug-likeness (QED) is 0.412. The SMILES string of the molecule is O=C(O)c1cc(-c2ccc(/C=C3/NC(=S)N(c4ccc(Cl)cc4)C3=O)o2)ccc1Cl. The van der Waals surface area contributed by atoms with E-state index in [1.807, 2.05) is 0 Å². The molecule has 3 aromatic rings. The van der Waals surface area contributed by atoms with E-state index in [1.165, 1.54) is 23.1 Å². The number of hydrogen-bond donors (Lipinski definition) is 2. The van der Waals surface area contributed by atoms with Crippen molar-refractivity contribution in [2.75, 3.05) is 4.90 Å². The molecule has 0 spiro atoms. The molecule has 6 nitrogen and oxygen atoms in total. The molecule has 1 saturated heterocycles. The number of thiocarbonyl (C=S) groups is 1. The molecule has 0 bridgehead atoms. The number of rotatable bonds is 4. The van der Waals surface area contributed by atoms with Crippen LogP contribution in [-0.4, -0.2) is 22.1 Å². The van der Waals surface area contributed by atoms with Crippen LogP contribution in [0, 0.1) is 0 Å². The molecule has 2 aromatic carbocycles. The smallest absolute Gasteiger partial charge is 0.337 e. The minimum Gasteiger partial charge on any atom is -0.478 e. The summed E-state index contributed by atoms with van der Waals surface area (Å²) in [6.07, 6.45) is 1.53. The highest BCUT2D eigenvalue weighted by atomic mass is 35.5. The molecule has 1 aliphatic heterocycles. The number of nitrogens with zero attached hydrogens (tertiary/aromatic N) is 1. The maximum Gasteiger partial charge on any atom is 0.337 e. The third kappa shape index (κ3) is 3.82. The number of furan rings is 1. The van der Waals surface area contributed by atoms with Crippen LogP contribution in [0.3, 0.4) is 0 Å². The standard InChI is InChI=1S/C21H12Cl2N2O4S/c22-12-2-4-13(5-3-12)25-19(26)17(24-21(25)30)10-14-6-8-18(29-14)11-1-7-16(23)15(9-11)20(27)28/h1-10H,(H,24,30)(H,27,28)/b17-10+. The van der Waals surface area contributed by atoms with Gasteiger partial charge >= 0.3 is 5.97 Å². The van der Waals surface area contributed by atoms with E-state index in [-0.39, 0.29) is 27.3 Å². The maximum absolute atomic E-state index is 12.8. The van der Waals surface area contributed by atoms with Crippen molar-refractivity contribution in [3.8, 4) is 11.3 Å². The monoisotopic (exact) mass is 458 g/mol. The predicted molar refractivity (Wildman–Crippen MR) is 119 cm³/mol. The second kappa shape index (κ2) is 7.95. The van der Waals surface area contributed by atoms with Gasteiger partial charge in [-0.05, 0) is 66.8 Å². The maximum atomic E-state index is 12.8. The topological polar surface area (TPSA) is 82.8 Å². The average molecular weight is 459 g/mol. The molecule has 0 atom stereocenters. The van der Waals surface area contributed by atoms with Gasteiger partial charge in [0.05, 0.1) is 16.3 Å². The van der Waals surface area contributed by atoms with Gasteiger partial charge in [0, 0.05) is 16.7 Å². The van der Waals surface area contributed by atoms with Crippen molar-refractivity contribution >= 4 is 64.2 Å². The lowest BCUT2D eigenvalue weighted by atomic mass is 10.1. The Morgan fingerprint density at radius 3 is 2.53 bits per heavy atom. The fraction of sp³-hybridized carbons (Fsp3) is 0. The summed E-state index contributed by atoms with van der Waals surface area (Å²) in [6.45, 7) is 0. The molecular formula is C21H12Cl2N2O4S. The molecule has 0 saturated carbocycles. The fourth-order valence-electron chi connectivity index (χ4n) is 2.93. The predicted octanol–water partition coefficient (Wildman–Crippen LogP) is 5.21. The summed E-state index contributed by atoms with van der Waals surface area (Å²) in [6, 6.07) is 14.7. The van der Waals surface area contributed by atoms with Gasteiger partial charge in [0.1, 0.15) is 17.2 Å². The van der Waals surface area contributed by atoms with Crippen molar-refractivity contribution in [3.05, 3.63) is 81.7 Å². The minimum atomic E-state index is -1.13. The highest BCUT2D eigenvalue weighted by molar-refractivity contribution is 7.80. The van der Waals surface area contributed by atoms with E-state index in [0.717, 1.165) is 0 Å².